The SMILES string of the molecule is CC[C@H](C)NC(=O)[C@H]1COC2(CCC(C)CC2)N1C(=O)c1ccccc1F. The predicted octanol–water partition coefficient (Wildman–Crippen LogP) is 3.49. The minimum Gasteiger partial charge on any atom is -0.353 e. The monoisotopic (exact) mass is 376 g/mol. The molecule has 2 aliphatic rings. The quantitative estimate of drug-likeness (QED) is 0.875. The lowest BCUT2D eigenvalue weighted by Gasteiger charge is -2.43. The van der Waals surface area contributed by atoms with Crippen LogP contribution in [0.1, 0.15) is 63.2 Å². The molecule has 0 radical (unpaired) electrons. The van der Waals surface area contributed by atoms with E-state index < -0.39 is 23.5 Å². The molecule has 6 heteroatoms. The van der Waals surface area contributed by atoms with E-state index in [2.05, 4.69) is 12.2 Å². The molecule has 1 aromatic carbocycles. The maximum Gasteiger partial charge on any atom is 0.259 e. The van der Waals surface area contributed by atoms with Crippen LogP contribution in [0, 0.1) is 11.7 Å². The highest BCUT2D eigenvalue weighted by Gasteiger charge is 2.53. The molecule has 2 amide bonds. The van der Waals surface area contributed by atoms with E-state index in [9.17, 15) is 14.0 Å². The second-order valence-corrected chi connectivity index (χ2v) is 7.93. The summed E-state index contributed by atoms with van der Waals surface area (Å²) in [6.45, 7) is 6.24. The van der Waals surface area contributed by atoms with Gasteiger partial charge in [-0.15, -0.1) is 0 Å². The molecule has 1 aromatic rings. The lowest BCUT2D eigenvalue weighted by Crippen LogP contribution is -2.57. The van der Waals surface area contributed by atoms with Crippen LogP contribution in [0.15, 0.2) is 24.3 Å². The summed E-state index contributed by atoms with van der Waals surface area (Å²) in [5.74, 6) is -0.721. The lowest BCUT2D eigenvalue weighted by molar-refractivity contribution is -0.128. The molecule has 1 N–H and O–H groups in total. The van der Waals surface area contributed by atoms with Crippen LogP contribution in [-0.2, 0) is 9.53 Å². The molecule has 148 valence electrons. The number of nitrogens with one attached hydrogen (secondary N) is 1. The molecule has 1 spiro atoms. The molecular formula is C21H29FN2O3. The lowest BCUT2D eigenvalue weighted by atomic mass is 9.83. The third-order valence-corrected chi connectivity index (χ3v) is 5.94. The molecule has 3 rings (SSSR count). The van der Waals surface area contributed by atoms with Crippen molar-refractivity contribution in [2.75, 3.05) is 6.61 Å². The summed E-state index contributed by atoms with van der Waals surface area (Å²) in [4.78, 5) is 27.7. The average Bonchev–Trinajstić information content (AvgIpc) is 3.03. The molecule has 2 atom stereocenters. The smallest absolute Gasteiger partial charge is 0.259 e. The molecule has 0 unspecified atom stereocenters. The maximum atomic E-state index is 14.3. The van der Waals surface area contributed by atoms with E-state index in [-0.39, 0.29) is 24.1 Å². The zero-order valence-electron chi connectivity index (χ0n) is 16.3. The number of amides is 2. The second-order valence-electron chi connectivity index (χ2n) is 7.93. The molecule has 1 saturated carbocycles. The summed E-state index contributed by atoms with van der Waals surface area (Å²) in [6, 6.07) is 5.20. The van der Waals surface area contributed by atoms with Crippen molar-refractivity contribution in [3.05, 3.63) is 35.6 Å². The largest absolute Gasteiger partial charge is 0.353 e. The van der Waals surface area contributed by atoms with Crippen LogP contribution in [0.2, 0.25) is 0 Å². The van der Waals surface area contributed by atoms with Crippen LogP contribution in [0.4, 0.5) is 4.39 Å². The first kappa shape index (κ1) is 19.8. The first-order chi connectivity index (χ1) is 12.9. The number of benzene rings is 1. The summed E-state index contributed by atoms with van der Waals surface area (Å²) in [6.07, 6.45) is 3.97. The average molecular weight is 376 g/mol. The van der Waals surface area contributed by atoms with Crippen molar-refractivity contribution < 1.29 is 18.7 Å². The Balaban J connectivity index is 1.93. The van der Waals surface area contributed by atoms with Crippen LogP contribution >= 0.6 is 0 Å². The fourth-order valence-corrected chi connectivity index (χ4v) is 3.99. The minimum atomic E-state index is -0.816. The Labute approximate surface area is 160 Å². The van der Waals surface area contributed by atoms with Gasteiger partial charge in [0.05, 0.1) is 12.2 Å². The highest BCUT2D eigenvalue weighted by atomic mass is 19.1. The summed E-state index contributed by atoms with van der Waals surface area (Å²) < 4.78 is 20.4. The number of halogens is 1. The van der Waals surface area contributed by atoms with Gasteiger partial charge >= 0.3 is 0 Å². The number of carbonyl (C=O) groups excluding carboxylic acids is 2. The van der Waals surface area contributed by atoms with Gasteiger partial charge in [-0.2, -0.15) is 0 Å². The maximum absolute atomic E-state index is 14.3. The fourth-order valence-electron chi connectivity index (χ4n) is 3.99. The summed E-state index contributed by atoms with van der Waals surface area (Å²) in [5, 5.41) is 2.95. The van der Waals surface area contributed by atoms with E-state index in [1.165, 1.54) is 17.0 Å². The first-order valence-corrected chi connectivity index (χ1v) is 9.90. The molecule has 5 nitrogen and oxygen atoms in total. The van der Waals surface area contributed by atoms with Crippen LogP contribution < -0.4 is 5.32 Å². The van der Waals surface area contributed by atoms with E-state index in [1.54, 1.807) is 12.1 Å². The molecule has 0 aromatic heterocycles. The van der Waals surface area contributed by atoms with Gasteiger partial charge in [0, 0.05) is 6.04 Å². The van der Waals surface area contributed by atoms with Gasteiger partial charge in [-0.25, -0.2) is 4.39 Å². The van der Waals surface area contributed by atoms with E-state index in [4.69, 9.17) is 4.74 Å². The molecule has 1 aliphatic carbocycles. The molecular weight excluding hydrogens is 347 g/mol. The van der Waals surface area contributed by atoms with Crippen LogP contribution in [0.25, 0.3) is 0 Å². The van der Waals surface area contributed by atoms with Crippen molar-refractivity contribution in [1.29, 1.82) is 0 Å². The molecule has 0 bridgehead atoms. The minimum absolute atomic E-state index is 0.00541. The zero-order valence-corrected chi connectivity index (χ0v) is 16.3. The van der Waals surface area contributed by atoms with Gasteiger partial charge in [0.2, 0.25) is 5.91 Å². The number of carbonyl (C=O) groups is 2. The van der Waals surface area contributed by atoms with Crippen LogP contribution in [-0.4, -0.2) is 41.1 Å². The van der Waals surface area contributed by atoms with Crippen molar-refractivity contribution in [3.8, 4) is 0 Å². The highest BCUT2D eigenvalue weighted by molar-refractivity contribution is 5.98. The van der Waals surface area contributed by atoms with Crippen molar-refractivity contribution >= 4 is 11.8 Å². The number of hydrogen-bond donors (Lipinski definition) is 1. The van der Waals surface area contributed by atoms with E-state index in [1.807, 2.05) is 13.8 Å². The third-order valence-electron chi connectivity index (χ3n) is 5.94. The number of ether oxygens (including phenoxy) is 1. The second kappa shape index (κ2) is 7.97. The van der Waals surface area contributed by atoms with Crippen molar-refractivity contribution in [1.82, 2.24) is 10.2 Å². The van der Waals surface area contributed by atoms with Crippen LogP contribution in [0.5, 0.6) is 0 Å². The van der Waals surface area contributed by atoms with E-state index >= 15 is 0 Å². The van der Waals surface area contributed by atoms with Gasteiger partial charge in [0.1, 0.15) is 17.6 Å². The summed E-state index contributed by atoms with van der Waals surface area (Å²) in [5.41, 5.74) is -0.828. The topological polar surface area (TPSA) is 58.6 Å². The molecule has 1 aliphatic heterocycles. The van der Waals surface area contributed by atoms with Gasteiger partial charge in [0.15, 0.2) is 0 Å². The Hall–Kier alpha value is -1.95. The Morgan fingerprint density at radius 2 is 2.00 bits per heavy atom. The number of hydrogen-bond acceptors (Lipinski definition) is 3. The van der Waals surface area contributed by atoms with E-state index in [0.717, 1.165) is 19.3 Å². The fraction of sp³-hybridized carbons (Fsp3) is 0.619. The molecule has 1 saturated heterocycles. The number of rotatable bonds is 4. The molecule has 2 fully saturated rings. The van der Waals surface area contributed by atoms with Crippen molar-refractivity contribution in [2.45, 2.75) is 70.7 Å². The standard InChI is InChI=1S/C21H29FN2O3/c1-4-15(3)23-19(25)18-13-27-21(11-9-14(2)10-12-21)24(18)20(26)16-7-5-6-8-17(16)22/h5-8,14-15,18H,4,9-13H2,1-3H3,(H,23,25)/t14?,15-,18+,21?/m0/s1. The van der Waals surface area contributed by atoms with Crippen LogP contribution in [0.3, 0.4) is 0 Å². The molecule has 1 heterocycles. The Morgan fingerprint density at radius 3 is 2.63 bits per heavy atom. The zero-order chi connectivity index (χ0) is 19.6. The first-order valence-electron chi connectivity index (χ1n) is 9.90. The van der Waals surface area contributed by atoms with Gasteiger partial charge < -0.3 is 10.1 Å². The van der Waals surface area contributed by atoms with Gasteiger partial charge in [-0.1, -0.05) is 26.0 Å². The third kappa shape index (κ3) is 3.86. The number of nitrogens with zero attached hydrogens (tertiary/aromatic N) is 1. The van der Waals surface area contributed by atoms with Crippen molar-refractivity contribution in [3.63, 3.8) is 0 Å². The van der Waals surface area contributed by atoms with Crippen molar-refractivity contribution in [2.24, 2.45) is 5.92 Å². The van der Waals surface area contributed by atoms with E-state index in [0.29, 0.717) is 18.8 Å². The summed E-state index contributed by atoms with van der Waals surface area (Å²) >= 11 is 0. The Kier molecular flexibility index (Phi) is 5.84. The van der Waals surface area contributed by atoms with Gasteiger partial charge in [-0.05, 0) is 57.1 Å². The summed E-state index contributed by atoms with van der Waals surface area (Å²) in [7, 11) is 0. The Morgan fingerprint density at radius 1 is 1.33 bits per heavy atom. The van der Waals surface area contributed by atoms with Gasteiger partial charge in [-0.3, -0.25) is 14.5 Å². The normalized spacial score (nSPS) is 29.0. The Bertz CT molecular complexity index is 700. The predicted molar refractivity (Wildman–Crippen MR) is 101 cm³/mol. The molecule has 27 heavy (non-hydrogen) atoms. The highest BCUT2D eigenvalue weighted by Crippen LogP contribution is 2.43. The van der Waals surface area contributed by atoms with Gasteiger partial charge in [0.25, 0.3) is 5.91 Å².